The number of anilines is 1. The largest absolute Gasteiger partial charge is 0.506 e. The number of para-hydroxylation sites is 1. The molecule has 6 heteroatoms. The van der Waals surface area contributed by atoms with Crippen molar-refractivity contribution in [2.45, 2.75) is 43.9 Å². The van der Waals surface area contributed by atoms with Gasteiger partial charge >= 0.3 is 5.97 Å². The van der Waals surface area contributed by atoms with Gasteiger partial charge in [-0.3, -0.25) is 9.78 Å². The molecule has 0 spiro atoms. The van der Waals surface area contributed by atoms with Gasteiger partial charge in [0.25, 0.3) is 0 Å². The molecule has 3 N–H and O–H groups in total. The minimum atomic E-state index is -0.480. The van der Waals surface area contributed by atoms with Crippen molar-refractivity contribution in [3.8, 4) is 23.0 Å². The van der Waals surface area contributed by atoms with E-state index < -0.39 is 5.41 Å². The van der Waals surface area contributed by atoms with Crippen LogP contribution in [-0.4, -0.2) is 16.1 Å². The molecule has 0 aliphatic heterocycles. The molecule has 2 aromatic carbocycles. The summed E-state index contributed by atoms with van der Waals surface area (Å²) in [4.78, 5) is 17.7. The normalized spacial score (nSPS) is 29.1. The third-order valence-corrected chi connectivity index (χ3v) is 8.03. The molecule has 2 unspecified atom stereocenters. The molecule has 4 bridgehead atoms. The molecule has 174 valence electrons. The highest BCUT2D eigenvalue weighted by atomic mass is 16.5. The van der Waals surface area contributed by atoms with Crippen LogP contribution in [0.4, 0.5) is 5.69 Å². The fourth-order valence-electron chi connectivity index (χ4n) is 7.15. The third-order valence-electron chi connectivity index (χ3n) is 8.03. The van der Waals surface area contributed by atoms with Crippen LogP contribution in [0.1, 0.15) is 44.1 Å². The van der Waals surface area contributed by atoms with E-state index in [1.807, 2.05) is 18.2 Å². The number of aromatic hydroxyl groups is 1. The maximum atomic E-state index is 13.6. The SMILES string of the molecule is Nc1ccc(Oc2ccccc2C23CC4CC(CC(C(=O)Oc5cccnc5)(C4)C2)C3)cc1O. The number of nitrogen functional groups attached to an aromatic ring is 1. The average molecular weight is 457 g/mol. The first-order valence-electron chi connectivity index (χ1n) is 11.9. The van der Waals surface area contributed by atoms with Crippen LogP contribution in [0.25, 0.3) is 0 Å². The summed E-state index contributed by atoms with van der Waals surface area (Å²) in [7, 11) is 0. The summed E-state index contributed by atoms with van der Waals surface area (Å²) in [6.07, 6.45) is 9.10. The van der Waals surface area contributed by atoms with Crippen molar-refractivity contribution in [2.24, 2.45) is 17.3 Å². The van der Waals surface area contributed by atoms with Crippen molar-refractivity contribution in [1.29, 1.82) is 0 Å². The Hall–Kier alpha value is -3.54. The van der Waals surface area contributed by atoms with Crippen molar-refractivity contribution in [1.82, 2.24) is 4.98 Å². The Balaban J connectivity index is 1.34. The lowest BCUT2D eigenvalue weighted by Gasteiger charge is -2.61. The van der Waals surface area contributed by atoms with Gasteiger partial charge in [-0.05, 0) is 80.7 Å². The summed E-state index contributed by atoms with van der Waals surface area (Å²) in [6, 6.07) is 16.6. The van der Waals surface area contributed by atoms with Crippen LogP contribution in [0.15, 0.2) is 67.0 Å². The zero-order valence-corrected chi connectivity index (χ0v) is 18.9. The zero-order valence-electron chi connectivity index (χ0n) is 18.9. The van der Waals surface area contributed by atoms with E-state index in [4.69, 9.17) is 15.2 Å². The number of carbonyl (C=O) groups is 1. The predicted octanol–water partition coefficient (Wildman–Crippen LogP) is 5.61. The highest BCUT2D eigenvalue weighted by Crippen LogP contribution is 2.67. The monoisotopic (exact) mass is 456 g/mol. The number of aromatic nitrogens is 1. The van der Waals surface area contributed by atoms with Gasteiger partial charge in [0.2, 0.25) is 0 Å². The van der Waals surface area contributed by atoms with Gasteiger partial charge < -0.3 is 20.3 Å². The summed E-state index contributed by atoms with van der Waals surface area (Å²) in [5.41, 5.74) is 6.60. The lowest BCUT2D eigenvalue weighted by molar-refractivity contribution is -0.164. The molecule has 0 radical (unpaired) electrons. The topological polar surface area (TPSA) is 94.7 Å². The number of rotatable bonds is 5. The van der Waals surface area contributed by atoms with Crippen molar-refractivity contribution in [3.05, 3.63) is 72.6 Å². The molecule has 2 atom stereocenters. The maximum absolute atomic E-state index is 13.6. The summed E-state index contributed by atoms with van der Waals surface area (Å²) < 4.78 is 12.1. The second-order valence-electron chi connectivity index (χ2n) is 10.4. The van der Waals surface area contributed by atoms with Crippen LogP contribution in [0, 0.1) is 17.3 Å². The van der Waals surface area contributed by atoms with Crippen LogP contribution in [0.3, 0.4) is 0 Å². The Morgan fingerprint density at radius 2 is 1.79 bits per heavy atom. The van der Waals surface area contributed by atoms with Crippen molar-refractivity contribution in [3.63, 3.8) is 0 Å². The average Bonchev–Trinajstić information content (AvgIpc) is 2.82. The van der Waals surface area contributed by atoms with Crippen LogP contribution in [-0.2, 0) is 10.2 Å². The maximum Gasteiger partial charge on any atom is 0.317 e. The number of hydrogen-bond acceptors (Lipinski definition) is 6. The molecular weight excluding hydrogens is 428 g/mol. The number of ether oxygens (including phenoxy) is 2. The van der Waals surface area contributed by atoms with E-state index >= 15 is 0 Å². The van der Waals surface area contributed by atoms with Gasteiger partial charge in [0.1, 0.15) is 23.0 Å². The Morgan fingerprint density at radius 1 is 1.00 bits per heavy atom. The van der Waals surface area contributed by atoms with Crippen molar-refractivity contribution < 1.29 is 19.4 Å². The van der Waals surface area contributed by atoms with Gasteiger partial charge in [0.05, 0.1) is 17.3 Å². The van der Waals surface area contributed by atoms with Crippen LogP contribution < -0.4 is 15.2 Å². The number of benzene rings is 2. The van der Waals surface area contributed by atoms with Gasteiger partial charge in [0.15, 0.2) is 0 Å². The van der Waals surface area contributed by atoms with Gasteiger partial charge in [-0.15, -0.1) is 0 Å². The standard InChI is InChI=1S/C28H28N2O4/c29-23-8-7-20(11-24(23)31)33-25-6-2-1-5-22(25)27-12-18-10-19(13-27)15-28(14-18,17-27)26(32)34-21-4-3-9-30-16-21/h1-9,11,16,18-19,31H,10,12-15,17,29H2. The molecule has 0 amide bonds. The molecule has 4 aliphatic carbocycles. The van der Waals surface area contributed by atoms with E-state index in [1.165, 1.54) is 6.42 Å². The number of carbonyl (C=O) groups excluding carboxylic acids is 1. The van der Waals surface area contributed by atoms with Crippen LogP contribution in [0.5, 0.6) is 23.0 Å². The van der Waals surface area contributed by atoms with Gasteiger partial charge in [0, 0.05) is 23.2 Å². The number of phenolic OH excluding ortho intramolecular Hbond substituents is 1. The highest BCUT2D eigenvalue weighted by molar-refractivity contribution is 5.80. The van der Waals surface area contributed by atoms with E-state index in [1.54, 1.807) is 42.7 Å². The lowest BCUT2D eigenvalue weighted by Crippen LogP contribution is -2.57. The summed E-state index contributed by atoms with van der Waals surface area (Å²) in [6.45, 7) is 0. The smallest absolute Gasteiger partial charge is 0.317 e. The molecule has 1 heterocycles. The lowest BCUT2D eigenvalue weighted by atomic mass is 9.43. The van der Waals surface area contributed by atoms with Gasteiger partial charge in [-0.1, -0.05) is 18.2 Å². The Bertz CT molecular complexity index is 1230. The summed E-state index contributed by atoms with van der Waals surface area (Å²) in [5, 5.41) is 10.0. The number of phenols is 1. The van der Waals surface area contributed by atoms with Crippen molar-refractivity contribution in [2.75, 3.05) is 5.73 Å². The summed E-state index contributed by atoms with van der Waals surface area (Å²) in [5.74, 6) is 2.68. The van der Waals surface area contributed by atoms with E-state index in [0.29, 0.717) is 29.0 Å². The molecule has 4 saturated carbocycles. The number of pyridine rings is 1. The molecule has 34 heavy (non-hydrogen) atoms. The molecule has 6 nitrogen and oxygen atoms in total. The molecule has 4 aliphatic rings. The molecular formula is C28H28N2O4. The number of esters is 1. The first-order valence-corrected chi connectivity index (χ1v) is 11.9. The van der Waals surface area contributed by atoms with Crippen LogP contribution >= 0.6 is 0 Å². The molecule has 4 fully saturated rings. The second kappa shape index (κ2) is 7.76. The zero-order chi connectivity index (χ0) is 23.3. The highest BCUT2D eigenvalue weighted by Gasteiger charge is 2.62. The quantitative estimate of drug-likeness (QED) is 0.295. The second-order valence-corrected chi connectivity index (χ2v) is 10.4. The molecule has 0 saturated heterocycles. The number of nitrogens with two attached hydrogens (primary N) is 1. The first kappa shape index (κ1) is 21.0. The van der Waals surface area contributed by atoms with Gasteiger partial charge in [-0.25, -0.2) is 0 Å². The number of nitrogens with zero attached hydrogens (tertiary/aromatic N) is 1. The summed E-state index contributed by atoms with van der Waals surface area (Å²) >= 11 is 0. The fourth-order valence-corrected chi connectivity index (χ4v) is 7.15. The van der Waals surface area contributed by atoms with Crippen molar-refractivity contribution >= 4 is 11.7 Å². The third kappa shape index (κ3) is 3.49. The van der Waals surface area contributed by atoms with E-state index in [2.05, 4.69) is 11.1 Å². The Kier molecular flexibility index (Phi) is 4.80. The predicted molar refractivity (Wildman–Crippen MR) is 128 cm³/mol. The van der Waals surface area contributed by atoms with Gasteiger partial charge in [-0.2, -0.15) is 0 Å². The Labute approximate surface area is 198 Å². The van der Waals surface area contributed by atoms with Crippen LogP contribution in [0.2, 0.25) is 0 Å². The first-order chi connectivity index (χ1) is 16.4. The fraction of sp³-hybridized carbons (Fsp3) is 0.357. The molecule has 7 rings (SSSR count). The van der Waals surface area contributed by atoms with E-state index in [-0.39, 0.29) is 17.1 Å². The Morgan fingerprint density at radius 3 is 2.53 bits per heavy atom. The minimum Gasteiger partial charge on any atom is -0.506 e. The molecule has 3 aromatic rings. The molecule has 1 aromatic heterocycles. The van der Waals surface area contributed by atoms with E-state index in [0.717, 1.165) is 43.4 Å². The van der Waals surface area contributed by atoms with E-state index in [9.17, 15) is 9.90 Å². The minimum absolute atomic E-state index is 0.00175. The number of hydrogen-bond donors (Lipinski definition) is 2.